The molecule has 1 aromatic carbocycles. The lowest BCUT2D eigenvalue weighted by atomic mass is 10.2. The van der Waals surface area contributed by atoms with Crippen LogP contribution in [0.15, 0.2) is 18.2 Å². The number of ether oxygens (including phenoxy) is 3. The molecule has 4 nitrogen and oxygen atoms in total. The third-order valence-electron chi connectivity index (χ3n) is 2.61. The molecule has 102 valence electrons. The Morgan fingerprint density at radius 3 is 2.61 bits per heavy atom. The van der Waals surface area contributed by atoms with Crippen LogP contribution in [0.5, 0.6) is 11.5 Å². The monoisotopic (exact) mass is 253 g/mol. The van der Waals surface area contributed by atoms with E-state index >= 15 is 0 Å². The molecule has 0 bridgehead atoms. The van der Waals surface area contributed by atoms with Gasteiger partial charge in [0.15, 0.2) is 0 Å². The van der Waals surface area contributed by atoms with Crippen LogP contribution in [-0.4, -0.2) is 34.0 Å². The fraction of sp³-hybridized carbons (Fsp3) is 0.571. The van der Waals surface area contributed by atoms with Crippen molar-refractivity contribution >= 4 is 5.69 Å². The number of rotatable bonds is 9. The summed E-state index contributed by atoms with van der Waals surface area (Å²) in [4.78, 5) is 0. The molecule has 1 N–H and O–H groups in total. The minimum Gasteiger partial charge on any atom is -0.497 e. The molecule has 0 saturated heterocycles. The van der Waals surface area contributed by atoms with Gasteiger partial charge in [-0.05, 0) is 18.6 Å². The largest absolute Gasteiger partial charge is 0.497 e. The van der Waals surface area contributed by atoms with Crippen molar-refractivity contribution in [3.8, 4) is 11.5 Å². The van der Waals surface area contributed by atoms with E-state index in [2.05, 4.69) is 12.2 Å². The first kappa shape index (κ1) is 14.6. The average molecular weight is 253 g/mol. The fourth-order valence-corrected chi connectivity index (χ4v) is 1.56. The lowest BCUT2D eigenvalue weighted by Crippen LogP contribution is -2.10. The SMILES string of the molecule is CCCCOCCNc1cc(OC)ccc1OC. The van der Waals surface area contributed by atoms with E-state index in [1.165, 1.54) is 0 Å². The van der Waals surface area contributed by atoms with Crippen molar-refractivity contribution in [2.75, 3.05) is 39.3 Å². The summed E-state index contributed by atoms with van der Waals surface area (Å²) in [5.41, 5.74) is 0.927. The van der Waals surface area contributed by atoms with E-state index < -0.39 is 0 Å². The molecule has 0 unspecified atom stereocenters. The van der Waals surface area contributed by atoms with Gasteiger partial charge in [-0.1, -0.05) is 13.3 Å². The molecular weight excluding hydrogens is 230 g/mol. The van der Waals surface area contributed by atoms with E-state index in [0.29, 0.717) is 6.61 Å². The van der Waals surface area contributed by atoms with Gasteiger partial charge in [-0.25, -0.2) is 0 Å². The van der Waals surface area contributed by atoms with Crippen molar-refractivity contribution in [1.82, 2.24) is 0 Å². The van der Waals surface area contributed by atoms with Gasteiger partial charge in [0.2, 0.25) is 0 Å². The number of unbranched alkanes of at least 4 members (excludes halogenated alkanes) is 1. The molecule has 0 amide bonds. The van der Waals surface area contributed by atoms with E-state index in [4.69, 9.17) is 14.2 Å². The molecule has 18 heavy (non-hydrogen) atoms. The summed E-state index contributed by atoms with van der Waals surface area (Å²) in [7, 11) is 3.31. The second-order valence-electron chi connectivity index (χ2n) is 3.96. The van der Waals surface area contributed by atoms with Gasteiger partial charge in [-0.15, -0.1) is 0 Å². The second kappa shape index (κ2) is 8.64. The van der Waals surface area contributed by atoms with Crippen molar-refractivity contribution in [2.24, 2.45) is 0 Å². The minimum atomic E-state index is 0.695. The van der Waals surface area contributed by atoms with Crippen LogP contribution >= 0.6 is 0 Å². The fourth-order valence-electron chi connectivity index (χ4n) is 1.56. The zero-order chi connectivity index (χ0) is 13.2. The number of anilines is 1. The van der Waals surface area contributed by atoms with Crippen LogP contribution in [0.2, 0.25) is 0 Å². The Labute approximate surface area is 109 Å². The Balaban J connectivity index is 2.39. The highest BCUT2D eigenvalue weighted by atomic mass is 16.5. The Morgan fingerprint density at radius 1 is 1.11 bits per heavy atom. The normalized spacial score (nSPS) is 10.2. The summed E-state index contributed by atoms with van der Waals surface area (Å²) >= 11 is 0. The smallest absolute Gasteiger partial charge is 0.142 e. The summed E-state index contributed by atoms with van der Waals surface area (Å²) in [5, 5.41) is 3.29. The highest BCUT2D eigenvalue weighted by Gasteiger charge is 2.03. The van der Waals surface area contributed by atoms with Crippen LogP contribution in [0.1, 0.15) is 19.8 Å². The topological polar surface area (TPSA) is 39.7 Å². The quantitative estimate of drug-likeness (QED) is 0.687. The third kappa shape index (κ3) is 4.84. The van der Waals surface area contributed by atoms with Crippen LogP contribution in [0.4, 0.5) is 5.69 Å². The number of hydrogen-bond acceptors (Lipinski definition) is 4. The summed E-state index contributed by atoms with van der Waals surface area (Å²) < 4.78 is 16.0. The first-order chi connectivity index (χ1) is 8.81. The van der Waals surface area contributed by atoms with E-state index in [1.54, 1.807) is 14.2 Å². The Kier molecular flexibility index (Phi) is 7.03. The summed E-state index contributed by atoms with van der Waals surface area (Å²) in [6.07, 6.45) is 2.28. The van der Waals surface area contributed by atoms with Crippen LogP contribution < -0.4 is 14.8 Å². The molecule has 0 atom stereocenters. The highest BCUT2D eigenvalue weighted by Crippen LogP contribution is 2.28. The Hall–Kier alpha value is -1.42. The lowest BCUT2D eigenvalue weighted by molar-refractivity contribution is 0.141. The highest BCUT2D eigenvalue weighted by molar-refractivity contribution is 5.59. The van der Waals surface area contributed by atoms with Crippen LogP contribution in [0.25, 0.3) is 0 Å². The van der Waals surface area contributed by atoms with Crippen molar-refractivity contribution in [3.05, 3.63) is 18.2 Å². The molecule has 0 aliphatic heterocycles. The van der Waals surface area contributed by atoms with Crippen LogP contribution in [0, 0.1) is 0 Å². The first-order valence-electron chi connectivity index (χ1n) is 6.35. The molecule has 1 rings (SSSR count). The number of methoxy groups -OCH3 is 2. The van der Waals surface area contributed by atoms with Crippen LogP contribution in [0.3, 0.4) is 0 Å². The predicted molar refractivity (Wildman–Crippen MR) is 73.8 cm³/mol. The maximum absolute atomic E-state index is 5.49. The molecule has 0 spiro atoms. The molecule has 0 aliphatic carbocycles. The number of benzene rings is 1. The van der Waals surface area contributed by atoms with E-state index in [-0.39, 0.29) is 0 Å². The molecule has 0 aliphatic rings. The van der Waals surface area contributed by atoms with Crippen molar-refractivity contribution in [1.29, 1.82) is 0 Å². The Morgan fingerprint density at radius 2 is 1.94 bits per heavy atom. The summed E-state index contributed by atoms with van der Waals surface area (Å²) in [6, 6.07) is 5.69. The van der Waals surface area contributed by atoms with Gasteiger partial charge in [0, 0.05) is 19.2 Å². The van der Waals surface area contributed by atoms with Gasteiger partial charge in [0.25, 0.3) is 0 Å². The van der Waals surface area contributed by atoms with Gasteiger partial charge in [-0.3, -0.25) is 0 Å². The van der Waals surface area contributed by atoms with Gasteiger partial charge in [-0.2, -0.15) is 0 Å². The maximum atomic E-state index is 5.49. The van der Waals surface area contributed by atoms with Gasteiger partial charge in [0.05, 0.1) is 26.5 Å². The van der Waals surface area contributed by atoms with Gasteiger partial charge in [0.1, 0.15) is 11.5 Å². The zero-order valence-corrected chi connectivity index (χ0v) is 11.5. The van der Waals surface area contributed by atoms with Crippen molar-refractivity contribution in [3.63, 3.8) is 0 Å². The molecule has 0 fully saturated rings. The lowest BCUT2D eigenvalue weighted by Gasteiger charge is -2.12. The average Bonchev–Trinajstić information content (AvgIpc) is 2.42. The van der Waals surface area contributed by atoms with Crippen molar-refractivity contribution in [2.45, 2.75) is 19.8 Å². The van der Waals surface area contributed by atoms with Crippen LogP contribution in [-0.2, 0) is 4.74 Å². The predicted octanol–water partition coefficient (Wildman–Crippen LogP) is 2.93. The molecule has 0 aromatic heterocycles. The Bertz CT molecular complexity index is 342. The van der Waals surface area contributed by atoms with E-state index in [1.807, 2.05) is 18.2 Å². The zero-order valence-electron chi connectivity index (χ0n) is 11.5. The third-order valence-corrected chi connectivity index (χ3v) is 2.61. The molecule has 0 saturated carbocycles. The minimum absolute atomic E-state index is 0.695. The van der Waals surface area contributed by atoms with E-state index in [9.17, 15) is 0 Å². The van der Waals surface area contributed by atoms with Gasteiger partial charge < -0.3 is 19.5 Å². The molecular formula is C14H23NO3. The molecule has 4 heteroatoms. The number of hydrogen-bond donors (Lipinski definition) is 1. The van der Waals surface area contributed by atoms with Crippen molar-refractivity contribution < 1.29 is 14.2 Å². The first-order valence-corrected chi connectivity index (χ1v) is 6.35. The standard InChI is InChI=1S/C14H23NO3/c1-4-5-9-18-10-8-15-13-11-12(16-2)6-7-14(13)17-3/h6-7,11,15H,4-5,8-10H2,1-3H3. The van der Waals surface area contributed by atoms with E-state index in [0.717, 1.165) is 43.2 Å². The number of nitrogens with one attached hydrogen (secondary N) is 1. The summed E-state index contributed by atoms with van der Waals surface area (Å²) in [5.74, 6) is 1.62. The summed E-state index contributed by atoms with van der Waals surface area (Å²) in [6.45, 7) is 4.43. The molecule has 0 radical (unpaired) electrons. The van der Waals surface area contributed by atoms with Gasteiger partial charge >= 0.3 is 0 Å². The maximum Gasteiger partial charge on any atom is 0.142 e. The second-order valence-corrected chi connectivity index (χ2v) is 3.96. The molecule has 0 heterocycles. The molecule has 1 aromatic rings.